The van der Waals surface area contributed by atoms with Crippen LogP contribution in [-0.4, -0.2) is 11.3 Å². The molecule has 0 spiro atoms. The maximum atomic E-state index is 11.9. The Hall–Kier alpha value is -1.29. The Morgan fingerprint density at radius 3 is 2.60 bits per heavy atom. The molecule has 15 heavy (non-hydrogen) atoms. The Labute approximate surface area is 91.6 Å². The third-order valence-electron chi connectivity index (χ3n) is 1.47. The molecule has 1 aromatic rings. The Morgan fingerprint density at radius 2 is 2.13 bits per heavy atom. The lowest BCUT2D eigenvalue weighted by Crippen LogP contribution is -2.18. The second-order valence-electron chi connectivity index (χ2n) is 2.57. The van der Waals surface area contributed by atoms with E-state index >= 15 is 0 Å². The summed E-state index contributed by atoms with van der Waals surface area (Å²) in [5, 5.41) is 8.59. The first-order valence-corrected chi connectivity index (χ1v) is 4.46. The molecule has 0 aromatic carbocycles. The summed E-state index contributed by atoms with van der Waals surface area (Å²) in [5.41, 5.74) is 0.372. The zero-order valence-electron chi connectivity index (χ0n) is 7.39. The van der Waals surface area contributed by atoms with Crippen molar-refractivity contribution in [2.75, 3.05) is 0 Å². The largest absolute Gasteiger partial charge is 0.574 e. The van der Waals surface area contributed by atoms with Gasteiger partial charge in [0.05, 0.1) is 15.7 Å². The molecule has 1 heterocycles. The molecule has 1 aromatic heterocycles. The van der Waals surface area contributed by atoms with Crippen LogP contribution in [0.1, 0.15) is 11.3 Å². The van der Waals surface area contributed by atoms with E-state index in [1.54, 1.807) is 6.07 Å². The van der Waals surface area contributed by atoms with Gasteiger partial charge in [-0.25, -0.2) is 4.98 Å². The number of hydrogen-bond donors (Lipinski definition) is 0. The lowest BCUT2D eigenvalue weighted by atomic mass is 10.2. The highest BCUT2D eigenvalue weighted by atomic mass is 79.9. The van der Waals surface area contributed by atoms with Crippen molar-refractivity contribution >= 4 is 15.9 Å². The quantitative estimate of drug-likeness (QED) is 0.795. The molecule has 7 heteroatoms. The highest BCUT2D eigenvalue weighted by Crippen LogP contribution is 2.29. The fraction of sp³-hybridized carbons (Fsp3) is 0.250. The van der Waals surface area contributed by atoms with Crippen LogP contribution in [0.3, 0.4) is 0 Å². The summed E-state index contributed by atoms with van der Waals surface area (Å²) >= 11 is 2.84. The molecule has 0 amide bonds. The van der Waals surface area contributed by atoms with Gasteiger partial charge in [-0.2, -0.15) is 5.26 Å². The van der Waals surface area contributed by atoms with Gasteiger partial charge in [0.2, 0.25) is 5.88 Å². The number of aromatic nitrogens is 1. The van der Waals surface area contributed by atoms with E-state index in [1.165, 1.54) is 13.0 Å². The van der Waals surface area contributed by atoms with Crippen molar-refractivity contribution in [3.05, 3.63) is 21.8 Å². The van der Waals surface area contributed by atoms with E-state index in [9.17, 15) is 13.2 Å². The first-order chi connectivity index (χ1) is 6.83. The van der Waals surface area contributed by atoms with E-state index in [4.69, 9.17) is 5.26 Å². The Morgan fingerprint density at radius 1 is 1.53 bits per heavy atom. The number of hydrogen-bond acceptors (Lipinski definition) is 3. The Balaban J connectivity index is 3.13. The van der Waals surface area contributed by atoms with E-state index < -0.39 is 12.2 Å². The minimum absolute atomic E-state index is 0.0121. The number of halogens is 4. The van der Waals surface area contributed by atoms with Gasteiger partial charge in [-0.1, -0.05) is 0 Å². The van der Waals surface area contributed by atoms with E-state index in [2.05, 4.69) is 25.7 Å². The second-order valence-corrected chi connectivity index (χ2v) is 3.42. The first-order valence-electron chi connectivity index (χ1n) is 3.66. The van der Waals surface area contributed by atoms with E-state index in [0.29, 0.717) is 0 Å². The minimum atomic E-state index is -4.80. The predicted molar refractivity (Wildman–Crippen MR) is 48.1 cm³/mol. The van der Waals surface area contributed by atoms with Crippen LogP contribution in [0.25, 0.3) is 0 Å². The summed E-state index contributed by atoms with van der Waals surface area (Å²) in [5.74, 6) is -0.598. The van der Waals surface area contributed by atoms with Crippen LogP contribution in [0.15, 0.2) is 10.5 Å². The van der Waals surface area contributed by atoms with Crippen molar-refractivity contribution < 1.29 is 17.9 Å². The van der Waals surface area contributed by atoms with E-state index in [0.717, 1.165) is 0 Å². The van der Waals surface area contributed by atoms with Gasteiger partial charge in [-0.3, -0.25) is 0 Å². The molecule has 0 bridgehead atoms. The monoisotopic (exact) mass is 280 g/mol. The van der Waals surface area contributed by atoms with Crippen LogP contribution in [0.2, 0.25) is 0 Å². The predicted octanol–water partition coefficient (Wildman–Crippen LogP) is 2.92. The molecule has 3 nitrogen and oxygen atoms in total. The molecule has 0 saturated heterocycles. The smallest absolute Gasteiger partial charge is 0.387 e. The summed E-state index contributed by atoms with van der Waals surface area (Å²) in [6, 6.07) is 3.02. The molecule has 80 valence electrons. The number of ether oxygens (including phenoxy) is 1. The molecular weight excluding hydrogens is 277 g/mol. The molecule has 0 aliphatic rings. The molecule has 0 N–H and O–H groups in total. The molecule has 0 atom stereocenters. The highest BCUT2D eigenvalue weighted by molar-refractivity contribution is 9.10. The van der Waals surface area contributed by atoms with Crippen molar-refractivity contribution in [1.29, 1.82) is 5.26 Å². The van der Waals surface area contributed by atoms with Gasteiger partial charge in [0.25, 0.3) is 0 Å². The molecule has 0 unspecified atom stereocenters. The van der Waals surface area contributed by atoms with E-state index in [1.807, 2.05) is 0 Å². The van der Waals surface area contributed by atoms with Crippen LogP contribution in [0.4, 0.5) is 13.2 Å². The van der Waals surface area contributed by atoms with Gasteiger partial charge >= 0.3 is 6.36 Å². The average Bonchev–Trinajstić information content (AvgIpc) is 2.08. The average molecular weight is 281 g/mol. The number of pyridine rings is 1. The molecule has 0 radical (unpaired) electrons. The summed E-state index contributed by atoms with van der Waals surface area (Å²) in [6.45, 7) is 1.42. The normalized spacial score (nSPS) is 10.9. The molecule has 1 rings (SSSR count). The maximum absolute atomic E-state index is 11.9. The second kappa shape index (κ2) is 4.06. The van der Waals surface area contributed by atoms with Gasteiger partial charge < -0.3 is 4.74 Å². The summed E-state index contributed by atoms with van der Waals surface area (Å²) < 4.78 is 39.3. The lowest BCUT2D eigenvalue weighted by Gasteiger charge is -2.10. The first kappa shape index (κ1) is 11.8. The van der Waals surface area contributed by atoms with E-state index in [-0.39, 0.29) is 15.7 Å². The fourth-order valence-electron chi connectivity index (χ4n) is 0.853. The number of nitrogens with zero attached hydrogens (tertiary/aromatic N) is 2. The van der Waals surface area contributed by atoms with Crippen LogP contribution < -0.4 is 4.74 Å². The molecule has 0 aliphatic heterocycles. The van der Waals surface area contributed by atoms with Crippen molar-refractivity contribution in [3.63, 3.8) is 0 Å². The maximum Gasteiger partial charge on any atom is 0.574 e. The number of alkyl halides is 3. The number of aryl methyl sites for hydroxylation is 1. The van der Waals surface area contributed by atoms with Crippen molar-refractivity contribution in [2.24, 2.45) is 0 Å². The standard InChI is InChI=1S/C8H4BrF3N2O/c1-4-5(3-13)2-6(9)7(14-4)15-8(10,11)12/h2H,1H3. The van der Waals surface area contributed by atoms with Crippen LogP contribution in [0, 0.1) is 18.3 Å². The summed E-state index contributed by atoms with van der Waals surface area (Å²) in [7, 11) is 0. The zero-order valence-corrected chi connectivity index (χ0v) is 8.98. The number of nitriles is 1. The van der Waals surface area contributed by atoms with Gasteiger partial charge in [-0.05, 0) is 28.9 Å². The van der Waals surface area contributed by atoms with Gasteiger partial charge in [0.1, 0.15) is 6.07 Å². The third kappa shape index (κ3) is 3.09. The third-order valence-corrected chi connectivity index (χ3v) is 2.04. The highest BCUT2D eigenvalue weighted by Gasteiger charge is 2.33. The van der Waals surface area contributed by atoms with Crippen LogP contribution in [0.5, 0.6) is 5.88 Å². The Bertz CT molecular complexity index is 425. The minimum Gasteiger partial charge on any atom is -0.387 e. The van der Waals surface area contributed by atoms with Crippen molar-refractivity contribution in [1.82, 2.24) is 4.98 Å². The van der Waals surface area contributed by atoms with Gasteiger partial charge in [0, 0.05) is 0 Å². The van der Waals surface area contributed by atoms with Crippen molar-refractivity contribution in [3.8, 4) is 11.9 Å². The molecule has 0 fully saturated rings. The van der Waals surface area contributed by atoms with Crippen LogP contribution in [-0.2, 0) is 0 Å². The van der Waals surface area contributed by atoms with Gasteiger partial charge in [-0.15, -0.1) is 13.2 Å². The Kier molecular flexibility index (Phi) is 3.19. The lowest BCUT2D eigenvalue weighted by molar-refractivity contribution is -0.276. The zero-order chi connectivity index (χ0) is 11.6. The number of rotatable bonds is 1. The van der Waals surface area contributed by atoms with Crippen LogP contribution >= 0.6 is 15.9 Å². The fourth-order valence-corrected chi connectivity index (χ4v) is 1.25. The summed E-state index contributed by atoms with van der Waals surface area (Å²) in [4.78, 5) is 3.52. The molecule has 0 saturated carbocycles. The topological polar surface area (TPSA) is 45.9 Å². The molecule has 0 aliphatic carbocycles. The molecular formula is C8H4BrF3N2O. The SMILES string of the molecule is Cc1nc(OC(F)(F)F)c(Br)cc1C#N. The van der Waals surface area contributed by atoms with Gasteiger partial charge in [0.15, 0.2) is 0 Å². The summed E-state index contributed by atoms with van der Waals surface area (Å²) in [6.07, 6.45) is -4.80. The van der Waals surface area contributed by atoms with Crippen molar-refractivity contribution in [2.45, 2.75) is 13.3 Å².